The molecule has 5 rings (SSSR count). The molecule has 10 nitrogen and oxygen atoms in total. The summed E-state index contributed by atoms with van der Waals surface area (Å²) in [7, 11) is 1.36. The minimum Gasteiger partial charge on any atom is -0.489 e. The van der Waals surface area contributed by atoms with Crippen molar-refractivity contribution in [2.75, 3.05) is 0 Å². The van der Waals surface area contributed by atoms with Crippen LogP contribution >= 0.6 is 11.6 Å². The molecule has 0 aliphatic carbocycles. The largest absolute Gasteiger partial charge is 0.489 e. The van der Waals surface area contributed by atoms with Crippen LogP contribution in [0.1, 0.15) is 11.3 Å². The highest BCUT2D eigenvalue weighted by Crippen LogP contribution is 2.32. The number of alkyl halides is 3. The highest BCUT2D eigenvalue weighted by molar-refractivity contribution is 6.30. The topological polar surface area (TPSA) is 117 Å². The van der Waals surface area contributed by atoms with E-state index >= 15 is 0 Å². The van der Waals surface area contributed by atoms with E-state index in [9.17, 15) is 27.6 Å². The summed E-state index contributed by atoms with van der Waals surface area (Å²) >= 11 is 6.29. The standard InChI is InChI=1S/C26H18ClF3N6O4/c1-34-12-15(22(33-34)26(28,29)30)14-40-19-9-16(27)8-18(10-19)35-13-21(20-5-3-7-32-23(20)37)24(38)36(25(35)39)17-4-2-6-31-11-17/h2-13H,14H2,1H3,(H,32,37). The molecular weight excluding hydrogens is 553 g/mol. The smallest absolute Gasteiger partial charge is 0.435 e. The van der Waals surface area contributed by atoms with E-state index in [-0.39, 0.29) is 38.8 Å². The first-order chi connectivity index (χ1) is 19.0. The lowest BCUT2D eigenvalue weighted by Crippen LogP contribution is -2.39. The van der Waals surface area contributed by atoms with Crippen LogP contribution in [0.2, 0.25) is 5.02 Å². The second kappa shape index (κ2) is 10.3. The zero-order valence-electron chi connectivity index (χ0n) is 20.5. The SMILES string of the molecule is Cn1cc(COc2cc(Cl)cc(-n3cc(-c4ccc[nH]c4=O)c(=O)n(-c4cccnc4)c3=O)c2)c(C(F)(F)F)n1. The number of pyridine rings is 2. The van der Waals surface area contributed by atoms with Crippen LogP contribution in [0.3, 0.4) is 0 Å². The number of nitrogens with zero attached hydrogens (tertiary/aromatic N) is 5. The summed E-state index contributed by atoms with van der Waals surface area (Å²) in [5.41, 5.74) is -3.24. The molecule has 0 radical (unpaired) electrons. The Morgan fingerprint density at radius 2 is 1.82 bits per heavy atom. The molecule has 14 heteroatoms. The van der Waals surface area contributed by atoms with E-state index in [0.717, 1.165) is 13.8 Å². The Morgan fingerprint density at radius 1 is 1.02 bits per heavy atom. The number of benzene rings is 1. The Morgan fingerprint density at radius 3 is 2.52 bits per heavy atom. The van der Waals surface area contributed by atoms with Crippen LogP contribution in [0.5, 0.6) is 5.75 Å². The number of ether oxygens (including phenoxy) is 1. The lowest BCUT2D eigenvalue weighted by atomic mass is 10.1. The molecule has 4 heterocycles. The van der Waals surface area contributed by atoms with Gasteiger partial charge >= 0.3 is 11.9 Å². The Bertz CT molecular complexity index is 1890. The van der Waals surface area contributed by atoms with E-state index in [1.54, 1.807) is 0 Å². The summed E-state index contributed by atoms with van der Waals surface area (Å²) in [5, 5.41) is 3.55. The molecule has 40 heavy (non-hydrogen) atoms. The summed E-state index contributed by atoms with van der Waals surface area (Å²) in [6.07, 6.45) is 1.87. The number of aromatic amines is 1. The van der Waals surface area contributed by atoms with Crippen molar-refractivity contribution in [3.05, 3.63) is 121 Å². The fourth-order valence-electron chi connectivity index (χ4n) is 4.08. The average molecular weight is 571 g/mol. The first-order valence-corrected chi connectivity index (χ1v) is 11.9. The second-order valence-electron chi connectivity index (χ2n) is 8.57. The van der Waals surface area contributed by atoms with Crippen LogP contribution in [0.15, 0.2) is 87.8 Å². The number of hydrogen-bond donors (Lipinski definition) is 1. The summed E-state index contributed by atoms with van der Waals surface area (Å²) < 4.78 is 48.6. The maximum atomic E-state index is 13.6. The summed E-state index contributed by atoms with van der Waals surface area (Å²) in [6, 6.07) is 10.1. The predicted molar refractivity (Wildman–Crippen MR) is 139 cm³/mol. The van der Waals surface area contributed by atoms with Crippen LogP contribution in [0.4, 0.5) is 13.2 Å². The Balaban J connectivity index is 1.64. The van der Waals surface area contributed by atoms with Crippen molar-refractivity contribution >= 4 is 11.6 Å². The average Bonchev–Trinajstić information content (AvgIpc) is 3.30. The van der Waals surface area contributed by atoms with Gasteiger partial charge in [0.15, 0.2) is 5.69 Å². The number of halogens is 4. The van der Waals surface area contributed by atoms with E-state index in [1.807, 2.05) is 0 Å². The molecule has 5 aromatic rings. The predicted octanol–water partition coefficient (Wildman–Crippen LogP) is 3.72. The summed E-state index contributed by atoms with van der Waals surface area (Å²) in [5.74, 6) is 0.0459. The van der Waals surface area contributed by atoms with Crippen molar-refractivity contribution < 1.29 is 17.9 Å². The molecule has 204 valence electrons. The molecule has 4 aromatic heterocycles. The van der Waals surface area contributed by atoms with Crippen LogP contribution < -0.4 is 21.5 Å². The normalized spacial score (nSPS) is 11.5. The Labute approximate surface area is 227 Å². The van der Waals surface area contributed by atoms with Gasteiger partial charge in [0.1, 0.15) is 12.4 Å². The maximum absolute atomic E-state index is 13.6. The number of hydrogen-bond acceptors (Lipinski definition) is 6. The fraction of sp³-hybridized carbons (Fsp3) is 0.115. The third kappa shape index (κ3) is 5.18. The van der Waals surface area contributed by atoms with Gasteiger partial charge in [0.25, 0.3) is 11.1 Å². The van der Waals surface area contributed by atoms with Crippen LogP contribution in [-0.2, 0) is 19.8 Å². The molecule has 0 fully saturated rings. The van der Waals surface area contributed by atoms with Gasteiger partial charge in [-0.25, -0.2) is 9.36 Å². The third-order valence-electron chi connectivity index (χ3n) is 5.80. The van der Waals surface area contributed by atoms with E-state index in [1.165, 1.54) is 80.5 Å². The monoisotopic (exact) mass is 570 g/mol. The van der Waals surface area contributed by atoms with Crippen molar-refractivity contribution in [1.29, 1.82) is 0 Å². The lowest BCUT2D eigenvalue weighted by Gasteiger charge is -2.15. The molecule has 0 spiro atoms. The van der Waals surface area contributed by atoms with Crippen LogP contribution in [-0.4, -0.2) is 28.9 Å². The highest BCUT2D eigenvalue weighted by atomic mass is 35.5. The number of nitrogens with one attached hydrogen (secondary N) is 1. The van der Waals surface area contributed by atoms with Gasteiger partial charge < -0.3 is 9.72 Å². The van der Waals surface area contributed by atoms with Gasteiger partial charge in [0.05, 0.1) is 28.7 Å². The summed E-state index contributed by atoms with van der Waals surface area (Å²) in [4.78, 5) is 46.1. The molecule has 0 bridgehead atoms. The fourth-order valence-corrected chi connectivity index (χ4v) is 4.30. The zero-order chi connectivity index (χ0) is 28.6. The van der Waals surface area contributed by atoms with Crippen molar-refractivity contribution in [2.45, 2.75) is 12.8 Å². The van der Waals surface area contributed by atoms with Gasteiger partial charge in [-0.3, -0.25) is 23.8 Å². The number of H-pyrrole nitrogens is 1. The molecule has 1 N–H and O–H groups in total. The molecule has 0 aliphatic rings. The molecule has 0 atom stereocenters. The first kappa shape index (κ1) is 26.7. The van der Waals surface area contributed by atoms with E-state index in [0.29, 0.717) is 0 Å². The Hall–Kier alpha value is -4.91. The molecule has 0 unspecified atom stereocenters. The van der Waals surface area contributed by atoms with Crippen molar-refractivity contribution in [1.82, 2.24) is 28.9 Å². The van der Waals surface area contributed by atoms with E-state index in [2.05, 4.69) is 15.1 Å². The van der Waals surface area contributed by atoms with Gasteiger partial charge in [-0.2, -0.15) is 18.3 Å². The molecule has 0 amide bonds. The van der Waals surface area contributed by atoms with E-state index in [4.69, 9.17) is 16.3 Å². The molecule has 0 saturated carbocycles. The van der Waals surface area contributed by atoms with E-state index < -0.39 is 35.3 Å². The highest BCUT2D eigenvalue weighted by Gasteiger charge is 2.37. The lowest BCUT2D eigenvalue weighted by molar-refractivity contribution is -0.142. The molecule has 0 saturated heterocycles. The van der Waals surface area contributed by atoms with Crippen LogP contribution in [0, 0.1) is 0 Å². The maximum Gasteiger partial charge on any atom is 0.435 e. The molecule has 0 aliphatic heterocycles. The van der Waals surface area contributed by atoms with Gasteiger partial charge in [-0.05, 0) is 36.4 Å². The minimum atomic E-state index is -4.68. The zero-order valence-corrected chi connectivity index (χ0v) is 21.3. The number of rotatable bonds is 6. The van der Waals surface area contributed by atoms with Crippen molar-refractivity contribution in [3.8, 4) is 28.3 Å². The number of aromatic nitrogens is 6. The van der Waals surface area contributed by atoms with Crippen molar-refractivity contribution in [3.63, 3.8) is 0 Å². The quantitative estimate of drug-likeness (QED) is 0.333. The van der Waals surface area contributed by atoms with Gasteiger partial charge in [0.2, 0.25) is 0 Å². The van der Waals surface area contributed by atoms with Gasteiger partial charge in [0, 0.05) is 48.5 Å². The van der Waals surface area contributed by atoms with Crippen molar-refractivity contribution in [2.24, 2.45) is 7.05 Å². The Kier molecular flexibility index (Phi) is 6.90. The number of aryl methyl sites for hydroxylation is 1. The molecule has 1 aromatic carbocycles. The minimum absolute atomic E-state index is 0.00801. The third-order valence-corrected chi connectivity index (χ3v) is 6.02. The molecular formula is C26H18ClF3N6O4. The first-order valence-electron chi connectivity index (χ1n) is 11.5. The van der Waals surface area contributed by atoms with Crippen LogP contribution in [0.25, 0.3) is 22.5 Å². The van der Waals surface area contributed by atoms with Gasteiger partial charge in [-0.15, -0.1) is 0 Å². The van der Waals surface area contributed by atoms with Gasteiger partial charge in [-0.1, -0.05) is 11.6 Å². The second-order valence-corrected chi connectivity index (χ2v) is 9.00. The summed E-state index contributed by atoms with van der Waals surface area (Å²) in [6.45, 7) is -0.489.